The minimum Gasteiger partial charge on any atom is -0.496 e. The van der Waals surface area contributed by atoms with Gasteiger partial charge in [0.25, 0.3) is 0 Å². The van der Waals surface area contributed by atoms with Crippen molar-refractivity contribution in [1.82, 2.24) is 9.97 Å². The van der Waals surface area contributed by atoms with Gasteiger partial charge in [-0.15, -0.1) is 0 Å². The Morgan fingerprint density at radius 2 is 1.94 bits per heavy atom. The summed E-state index contributed by atoms with van der Waals surface area (Å²) in [7, 11) is 1.65. The van der Waals surface area contributed by atoms with Gasteiger partial charge in [0, 0.05) is 11.3 Å². The first-order chi connectivity index (χ1) is 8.67. The van der Waals surface area contributed by atoms with Crippen molar-refractivity contribution in [2.24, 2.45) is 0 Å². The van der Waals surface area contributed by atoms with E-state index in [9.17, 15) is 0 Å². The van der Waals surface area contributed by atoms with Crippen LogP contribution in [-0.4, -0.2) is 17.1 Å². The fourth-order valence-corrected chi connectivity index (χ4v) is 2.65. The van der Waals surface area contributed by atoms with E-state index in [1.807, 2.05) is 31.2 Å². The Morgan fingerprint density at radius 3 is 2.56 bits per heavy atom. The second-order valence-corrected chi connectivity index (χ2v) is 4.71. The highest BCUT2D eigenvalue weighted by Gasteiger charge is 2.12. The van der Waals surface area contributed by atoms with E-state index >= 15 is 0 Å². The van der Waals surface area contributed by atoms with Crippen LogP contribution >= 0.6 is 15.9 Å². The number of methoxy groups -OCH3 is 1. The molecule has 0 radical (unpaired) electrons. The molecule has 0 fully saturated rings. The number of hydrogen-bond donors (Lipinski definition) is 0. The van der Waals surface area contributed by atoms with Crippen molar-refractivity contribution in [3.63, 3.8) is 0 Å². The molecule has 0 aliphatic carbocycles. The quantitative estimate of drug-likeness (QED) is 0.809. The van der Waals surface area contributed by atoms with E-state index in [1.54, 1.807) is 7.11 Å². The fraction of sp³-hybridized carbons (Fsp3) is 0.286. The Morgan fingerprint density at radius 1 is 1.22 bits per heavy atom. The minimum absolute atomic E-state index is 0.689. The maximum absolute atomic E-state index is 5.34. The largest absolute Gasteiger partial charge is 0.496 e. The second kappa shape index (κ2) is 5.48. The van der Waals surface area contributed by atoms with Gasteiger partial charge in [0.05, 0.1) is 12.7 Å². The Kier molecular flexibility index (Phi) is 3.97. The summed E-state index contributed by atoms with van der Waals surface area (Å²) < 4.78 is 6.20. The highest BCUT2D eigenvalue weighted by Crippen LogP contribution is 2.29. The summed E-state index contributed by atoms with van der Waals surface area (Å²) in [5, 5.41) is 0. The summed E-state index contributed by atoms with van der Waals surface area (Å²) in [5.41, 5.74) is 3.06. The predicted molar refractivity (Wildman–Crippen MR) is 75.8 cm³/mol. The van der Waals surface area contributed by atoms with Crippen LogP contribution in [0.5, 0.6) is 5.75 Å². The van der Waals surface area contributed by atoms with Gasteiger partial charge >= 0.3 is 0 Å². The molecule has 1 aromatic carbocycles. The molecular weight excluding hydrogens is 292 g/mol. The molecule has 0 saturated heterocycles. The van der Waals surface area contributed by atoms with Crippen LogP contribution in [0, 0.1) is 6.92 Å². The molecule has 0 atom stereocenters. The Hall–Kier alpha value is -1.42. The minimum atomic E-state index is 0.689. The lowest BCUT2D eigenvalue weighted by Gasteiger charge is -2.10. The highest BCUT2D eigenvalue weighted by atomic mass is 79.9. The van der Waals surface area contributed by atoms with E-state index < -0.39 is 0 Å². The molecule has 0 bridgehead atoms. The molecule has 1 heterocycles. The first-order valence-corrected chi connectivity index (χ1v) is 6.63. The van der Waals surface area contributed by atoms with E-state index in [1.165, 1.54) is 0 Å². The first-order valence-electron chi connectivity index (χ1n) is 5.83. The van der Waals surface area contributed by atoms with E-state index in [0.29, 0.717) is 5.82 Å². The summed E-state index contributed by atoms with van der Waals surface area (Å²) >= 11 is 3.51. The number of rotatable bonds is 3. The van der Waals surface area contributed by atoms with E-state index in [4.69, 9.17) is 4.74 Å². The van der Waals surface area contributed by atoms with Crippen LogP contribution in [0.4, 0.5) is 0 Å². The first kappa shape index (κ1) is 13.0. The molecule has 2 rings (SSSR count). The molecule has 0 amide bonds. The van der Waals surface area contributed by atoms with Gasteiger partial charge in [-0.2, -0.15) is 0 Å². The van der Waals surface area contributed by atoms with E-state index in [-0.39, 0.29) is 0 Å². The van der Waals surface area contributed by atoms with Crippen LogP contribution in [0.25, 0.3) is 11.4 Å². The van der Waals surface area contributed by atoms with Crippen LogP contribution in [-0.2, 0) is 6.42 Å². The monoisotopic (exact) mass is 306 g/mol. The van der Waals surface area contributed by atoms with Crippen LogP contribution in [0.1, 0.15) is 18.2 Å². The van der Waals surface area contributed by atoms with Crippen molar-refractivity contribution < 1.29 is 4.74 Å². The van der Waals surface area contributed by atoms with Crippen molar-refractivity contribution in [2.75, 3.05) is 7.11 Å². The predicted octanol–water partition coefficient (Wildman–Crippen LogP) is 3.79. The van der Waals surface area contributed by atoms with Gasteiger partial charge in [-0.05, 0) is 41.4 Å². The van der Waals surface area contributed by atoms with Gasteiger partial charge in [0.1, 0.15) is 10.4 Å². The topological polar surface area (TPSA) is 35.0 Å². The molecule has 2 aromatic rings. The number of aryl methyl sites for hydroxylation is 1. The molecule has 0 saturated carbocycles. The maximum atomic E-state index is 5.34. The molecule has 1 aromatic heterocycles. The molecule has 0 aliphatic rings. The van der Waals surface area contributed by atoms with Crippen molar-refractivity contribution >= 4 is 15.9 Å². The van der Waals surface area contributed by atoms with Crippen LogP contribution < -0.4 is 4.74 Å². The lowest BCUT2D eigenvalue weighted by Crippen LogP contribution is -2.00. The molecular formula is C14H15BrN2O. The molecule has 94 valence electrons. The van der Waals surface area contributed by atoms with E-state index in [0.717, 1.165) is 33.6 Å². The summed E-state index contributed by atoms with van der Waals surface area (Å²) in [4.78, 5) is 9.07. The maximum Gasteiger partial charge on any atom is 0.164 e. The van der Waals surface area contributed by atoms with E-state index in [2.05, 4.69) is 32.8 Å². The normalized spacial score (nSPS) is 10.4. The molecule has 4 heteroatoms. The van der Waals surface area contributed by atoms with Crippen LogP contribution in [0.2, 0.25) is 0 Å². The van der Waals surface area contributed by atoms with Gasteiger partial charge in [-0.3, -0.25) is 0 Å². The van der Waals surface area contributed by atoms with Gasteiger partial charge in [0.2, 0.25) is 0 Å². The van der Waals surface area contributed by atoms with Crippen molar-refractivity contribution in [1.29, 1.82) is 0 Å². The van der Waals surface area contributed by atoms with Gasteiger partial charge in [-0.25, -0.2) is 9.97 Å². The molecule has 0 N–H and O–H groups in total. The average molecular weight is 307 g/mol. The third kappa shape index (κ3) is 2.38. The van der Waals surface area contributed by atoms with Crippen LogP contribution in [0.3, 0.4) is 0 Å². The third-order valence-corrected chi connectivity index (χ3v) is 3.52. The Balaban J connectivity index is 2.58. The number of para-hydroxylation sites is 1. The number of ether oxygens (including phenoxy) is 1. The average Bonchev–Trinajstić information content (AvgIpc) is 2.38. The Labute approximate surface area is 115 Å². The van der Waals surface area contributed by atoms with Crippen LogP contribution in [0.15, 0.2) is 28.9 Å². The summed E-state index contributed by atoms with van der Waals surface area (Å²) in [5.74, 6) is 1.47. The molecule has 0 unspecified atom stereocenters. The summed E-state index contributed by atoms with van der Waals surface area (Å²) in [6, 6.07) is 7.77. The molecule has 0 spiro atoms. The third-order valence-electron chi connectivity index (χ3n) is 2.86. The summed E-state index contributed by atoms with van der Waals surface area (Å²) in [6.07, 6.45) is 0.915. The SMILES string of the molecule is CCc1c(C)nc(-c2ccccc2OC)nc1Br. The molecule has 3 nitrogen and oxygen atoms in total. The van der Waals surface area contributed by atoms with Crippen molar-refractivity contribution in [2.45, 2.75) is 20.3 Å². The summed E-state index contributed by atoms with van der Waals surface area (Å²) in [6.45, 7) is 4.10. The molecule has 0 aliphatic heterocycles. The lowest BCUT2D eigenvalue weighted by molar-refractivity contribution is 0.416. The zero-order valence-corrected chi connectivity index (χ0v) is 12.3. The number of aromatic nitrogens is 2. The lowest BCUT2D eigenvalue weighted by atomic mass is 10.1. The highest BCUT2D eigenvalue weighted by molar-refractivity contribution is 9.10. The van der Waals surface area contributed by atoms with Crippen molar-refractivity contribution in [3.05, 3.63) is 40.1 Å². The number of nitrogens with zero attached hydrogens (tertiary/aromatic N) is 2. The number of halogens is 1. The Bertz CT molecular complexity index is 546. The number of benzene rings is 1. The van der Waals surface area contributed by atoms with Gasteiger partial charge in [0.15, 0.2) is 5.82 Å². The van der Waals surface area contributed by atoms with Gasteiger partial charge < -0.3 is 4.74 Å². The zero-order valence-electron chi connectivity index (χ0n) is 10.7. The zero-order chi connectivity index (χ0) is 13.1. The number of hydrogen-bond acceptors (Lipinski definition) is 3. The second-order valence-electron chi connectivity index (χ2n) is 3.96. The fourth-order valence-electron chi connectivity index (χ4n) is 1.91. The molecule has 18 heavy (non-hydrogen) atoms. The standard InChI is InChI=1S/C14H15BrN2O/c1-4-10-9(2)16-14(17-13(10)15)11-7-5-6-8-12(11)18-3/h5-8H,4H2,1-3H3. The van der Waals surface area contributed by atoms with Crippen molar-refractivity contribution in [3.8, 4) is 17.1 Å². The smallest absolute Gasteiger partial charge is 0.164 e. The van der Waals surface area contributed by atoms with Gasteiger partial charge in [-0.1, -0.05) is 19.1 Å².